The molecule has 0 aromatic rings. The Bertz CT molecular complexity index is 1860. The van der Waals surface area contributed by atoms with E-state index < -0.39 is 97.5 Å². The van der Waals surface area contributed by atoms with Crippen molar-refractivity contribution in [3.05, 3.63) is 0 Å². The van der Waals surface area contributed by atoms with E-state index in [1.54, 1.807) is 0 Å². The van der Waals surface area contributed by atoms with Gasteiger partial charge in [0.15, 0.2) is 12.2 Å². The average molecular weight is 1410 g/mol. The van der Waals surface area contributed by atoms with Crippen LogP contribution >= 0.6 is 15.6 Å². The molecule has 570 valence electrons. The summed E-state index contributed by atoms with van der Waals surface area (Å²) in [6, 6.07) is 0. The number of ether oxygens (including phenoxy) is 4. The van der Waals surface area contributed by atoms with E-state index in [-0.39, 0.29) is 25.7 Å². The van der Waals surface area contributed by atoms with Gasteiger partial charge in [-0.1, -0.05) is 350 Å². The van der Waals surface area contributed by atoms with Crippen molar-refractivity contribution in [1.29, 1.82) is 0 Å². The van der Waals surface area contributed by atoms with Gasteiger partial charge in [0.25, 0.3) is 0 Å². The number of phosphoric ester groups is 2. The Morgan fingerprint density at radius 2 is 0.500 bits per heavy atom. The van der Waals surface area contributed by atoms with Crippen LogP contribution in [0.2, 0.25) is 0 Å². The van der Waals surface area contributed by atoms with Crippen LogP contribution in [-0.2, 0) is 65.4 Å². The third kappa shape index (κ3) is 67.9. The van der Waals surface area contributed by atoms with E-state index in [2.05, 4.69) is 41.5 Å². The highest BCUT2D eigenvalue weighted by Gasteiger charge is 2.30. The molecule has 0 saturated carbocycles. The van der Waals surface area contributed by atoms with Gasteiger partial charge in [0.1, 0.15) is 19.3 Å². The first kappa shape index (κ1) is 94.1. The molecule has 0 radical (unpaired) electrons. The molecule has 0 amide bonds. The number of hydrogen-bond acceptors (Lipinski definition) is 15. The second kappa shape index (κ2) is 68.8. The normalized spacial score (nSPS) is 14.6. The van der Waals surface area contributed by atoms with Crippen molar-refractivity contribution < 1.29 is 80.2 Å². The van der Waals surface area contributed by atoms with Gasteiger partial charge in [-0.3, -0.25) is 37.3 Å². The van der Waals surface area contributed by atoms with Crippen molar-refractivity contribution in [2.75, 3.05) is 39.6 Å². The Balaban J connectivity index is 5.26. The van der Waals surface area contributed by atoms with Gasteiger partial charge < -0.3 is 33.8 Å². The van der Waals surface area contributed by atoms with Crippen LogP contribution in [0.1, 0.15) is 401 Å². The monoisotopic (exact) mass is 1410 g/mol. The summed E-state index contributed by atoms with van der Waals surface area (Å²) in [5.41, 5.74) is 0. The van der Waals surface area contributed by atoms with Crippen LogP contribution in [0.4, 0.5) is 0 Å². The highest BCUT2D eigenvalue weighted by molar-refractivity contribution is 7.47. The Morgan fingerprint density at radius 3 is 0.740 bits per heavy atom. The van der Waals surface area contributed by atoms with E-state index in [0.29, 0.717) is 25.7 Å². The fraction of sp³-hybridized carbons (Fsp3) is 0.948. The van der Waals surface area contributed by atoms with Crippen LogP contribution in [0, 0.1) is 11.8 Å². The summed E-state index contributed by atoms with van der Waals surface area (Å²) in [6.07, 6.45) is 56.5. The third-order valence-electron chi connectivity index (χ3n) is 18.7. The Morgan fingerprint density at radius 1 is 0.292 bits per heavy atom. The SMILES string of the molecule is CCCCCCCCCCCCCCCC(=O)O[C@H](COC(=O)CCCCCCCCCCCCC)COP(=O)(O)OC[C@H](O)COP(=O)(O)OC[C@@H](COC(=O)CCCCCCCCCCCCC(C)CC)OC(=O)CCCCCCCCCCCCCCCCC(C)CC. The van der Waals surface area contributed by atoms with E-state index >= 15 is 0 Å². The molecule has 96 heavy (non-hydrogen) atoms. The standard InChI is InChI=1S/C77H150O17P2/c1-7-11-13-15-17-19-21-24-29-37-43-49-55-61-76(81)93-72(65-87-74(79)59-53-47-41-35-27-20-18-16-14-12-8-2)67-91-95(83,84)89-63-71(78)64-90-96(85,86)92-68-73(66-88-75(80)60-54-48-42-36-32-31-34-40-46-52-58-70(6)10-4)94-77(82)62-56-50-44-38-30-26-23-22-25-28-33-39-45-51-57-69(5)9-3/h69-73,78H,7-68H2,1-6H3,(H,83,84)(H,85,86)/t69?,70?,71-,72+,73+/m0/s1. The fourth-order valence-electron chi connectivity index (χ4n) is 11.8. The lowest BCUT2D eigenvalue weighted by atomic mass is 9.99. The minimum Gasteiger partial charge on any atom is -0.462 e. The molecule has 0 aliphatic carbocycles. The predicted octanol–water partition coefficient (Wildman–Crippen LogP) is 22.7. The summed E-state index contributed by atoms with van der Waals surface area (Å²) >= 11 is 0. The van der Waals surface area contributed by atoms with Crippen molar-refractivity contribution in [3.63, 3.8) is 0 Å². The number of carbonyl (C=O) groups is 4. The van der Waals surface area contributed by atoms with Crippen LogP contribution in [0.15, 0.2) is 0 Å². The first-order valence-corrected chi connectivity index (χ1v) is 43.1. The van der Waals surface area contributed by atoms with Crippen LogP contribution in [0.5, 0.6) is 0 Å². The molecule has 0 aliphatic heterocycles. The summed E-state index contributed by atoms with van der Waals surface area (Å²) in [4.78, 5) is 72.9. The van der Waals surface area contributed by atoms with Gasteiger partial charge in [0, 0.05) is 25.7 Å². The molecule has 7 atom stereocenters. The number of rotatable bonds is 76. The first-order valence-electron chi connectivity index (χ1n) is 40.1. The number of esters is 4. The molecule has 0 heterocycles. The van der Waals surface area contributed by atoms with Crippen LogP contribution in [0.3, 0.4) is 0 Å². The number of aliphatic hydroxyl groups excluding tert-OH is 1. The number of phosphoric acid groups is 2. The minimum absolute atomic E-state index is 0.108. The quantitative estimate of drug-likeness (QED) is 0.0222. The molecule has 0 aromatic carbocycles. The zero-order valence-corrected chi connectivity index (χ0v) is 64.5. The highest BCUT2D eigenvalue weighted by atomic mass is 31.2. The third-order valence-corrected chi connectivity index (χ3v) is 20.6. The Hall–Kier alpha value is -1.94. The van der Waals surface area contributed by atoms with E-state index in [1.165, 1.54) is 218 Å². The second-order valence-corrected chi connectivity index (χ2v) is 31.1. The first-order chi connectivity index (χ1) is 46.4. The molecule has 3 N–H and O–H groups in total. The second-order valence-electron chi connectivity index (χ2n) is 28.2. The van der Waals surface area contributed by atoms with E-state index in [9.17, 15) is 43.2 Å². The average Bonchev–Trinajstić information content (AvgIpc) is 1.40. The number of unbranched alkanes of at least 4 members (excludes halogenated alkanes) is 44. The highest BCUT2D eigenvalue weighted by Crippen LogP contribution is 2.45. The van der Waals surface area contributed by atoms with E-state index in [1.807, 2.05) is 0 Å². The van der Waals surface area contributed by atoms with Crippen LogP contribution in [-0.4, -0.2) is 96.7 Å². The predicted molar refractivity (Wildman–Crippen MR) is 391 cm³/mol. The van der Waals surface area contributed by atoms with Gasteiger partial charge >= 0.3 is 39.5 Å². The summed E-state index contributed by atoms with van der Waals surface area (Å²) < 4.78 is 68.6. The maximum Gasteiger partial charge on any atom is 0.472 e. The number of aliphatic hydroxyl groups is 1. The topological polar surface area (TPSA) is 237 Å². The zero-order valence-electron chi connectivity index (χ0n) is 62.7. The Kier molecular flexibility index (Phi) is 67.4. The molecule has 19 heteroatoms. The van der Waals surface area contributed by atoms with Crippen LogP contribution in [0.25, 0.3) is 0 Å². The molecular formula is C77H150O17P2. The zero-order chi connectivity index (χ0) is 70.7. The number of carbonyl (C=O) groups excluding carboxylic acids is 4. The summed E-state index contributed by atoms with van der Waals surface area (Å²) in [5.74, 6) is -0.456. The van der Waals surface area contributed by atoms with Crippen molar-refractivity contribution in [1.82, 2.24) is 0 Å². The van der Waals surface area contributed by atoms with Crippen molar-refractivity contribution in [3.8, 4) is 0 Å². The van der Waals surface area contributed by atoms with Gasteiger partial charge in [0.05, 0.1) is 26.4 Å². The molecule has 0 aliphatic rings. The molecule has 0 bridgehead atoms. The lowest BCUT2D eigenvalue weighted by molar-refractivity contribution is -0.161. The van der Waals surface area contributed by atoms with E-state index in [4.69, 9.17) is 37.0 Å². The molecule has 0 aromatic heterocycles. The minimum atomic E-state index is -4.96. The molecule has 0 rings (SSSR count). The van der Waals surface area contributed by atoms with Crippen LogP contribution < -0.4 is 0 Å². The fourth-order valence-corrected chi connectivity index (χ4v) is 13.3. The lowest BCUT2D eigenvalue weighted by Gasteiger charge is -2.21. The maximum atomic E-state index is 13.1. The largest absolute Gasteiger partial charge is 0.472 e. The molecular weight excluding hydrogens is 1260 g/mol. The molecule has 4 unspecified atom stereocenters. The summed E-state index contributed by atoms with van der Waals surface area (Å²) in [6.45, 7) is 9.69. The molecule has 0 fully saturated rings. The number of hydrogen-bond donors (Lipinski definition) is 3. The van der Waals surface area contributed by atoms with Gasteiger partial charge in [-0.25, -0.2) is 9.13 Å². The summed E-state index contributed by atoms with van der Waals surface area (Å²) in [7, 11) is -9.91. The Labute approximate surface area is 588 Å². The summed E-state index contributed by atoms with van der Waals surface area (Å²) in [5, 5.41) is 10.6. The molecule has 0 spiro atoms. The molecule has 17 nitrogen and oxygen atoms in total. The lowest BCUT2D eigenvalue weighted by Crippen LogP contribution is -2.30. The maximum absolute atomic E-state index is 13.1. The smallest absolute Gasteiger partial charge is 0.462 e. The van der Waals surface area contributed by atoms with E-state index in [0.717, 1.165) is 102 Å². The molecule has 0 saturated heterocycles. The van der Waals surface area contributed by atoms with Crippen molar-refractivity contribution in [2.24, 2.45) is 11.8 Å². The van der Waals surface area contributed by atoms with Crippen molar-refractivity contribution in [2.45, 2.75) is 419 Å². The van der Waals surface area contributed by atoms with Gasteiger partial charge in [-0.2, -0.15) is 0 Å². The van der Waals surface area contributed by atoms with Gasteiger partial charge in [-0.05, 0) is 37.5 Å². The van der Waals surface area contributed by atoms with Gasteiger partial charge in [0.2, 0.25) is 0 Å². The van der Waals surface area contributed by atoms with Crippen molar-refractivity contribution >= 4 is 39.5 Å². The van der Waals surface area contributed by atoms with Gasteiger partial charge in [-0.15, -0.1) is 0 Å².